The molecule has 4 nitrogen and oxygen atoms in total. The molecule has 0 saturated heterocycles. The van der Waals surface area contributed by atoms with Crippen LogP contribution < -0.4 is 0 Å². The van der Waals surface area contributed by atoms with Crippen LogP contribution in [0, 0.1) is 12.8 Å². The van der Waals surface area contributed by atoms with Crippen LogP contribution in [0.25, 0.3) is 0 Å². The zero-order valence-electron chi connectivity index (χ0n) is 7.27. The summed E-state index contributed by atoms with van der Waals surface area (Å²) in [4.78, 5) is 18.8. The number of carboxylic acids is 1. The summed E-state index contributed by atoms with van der Waals surface area (Å²) >= 11 is 0. The molecule has 0 aliphatic heterocycles. The minimum atomic E-state index is -0.741. The number of aliphatic carboxylic acids is 1. The number of carboxylic acid groups (broad SMARTS) is 1. The summed E-state index contributed by atoms with van der Waals surface area (Å²) in [7, 11) is 0. The van der Waals surface area contributed by atoms with Crippen molar-refractivity contribution in [3.63, 3.8) is 0 Å². The smallest absolute Gasteiger partial charge is 0.307 e. The highest BCUT2D eigenvalue weighted by atomic mass is 16.4. The fourth-order valence-electron chi connectivity index (χ4n) is 1.40. The van der Waals surface area contributed by atoms with Gasteiger partial charge in [0.15, 0.2) is 0 Å². The minimum Gasteiger partial charge on any atom is -0.481 e. The molecule has 0 bridgehead atoms. The Morgan fingerprint density at radius 2 is 2.46 bits per heavy atom. The quantitative estimate of drug-likeness (QED) is 0.733. The summed E-state index contributed by atoms with van der Waals surface area (Å²) in [6, 6.07) is 1.81. The van der Waals surface area contributed by atoms with Gasteiger partial charge in [0.05, 0.1) is 5.92 Å². The number of aromatic nitrogens is 2. The number of nitrogens with zero attached hydrogens (tertiary/aromatic N) is 2. The standard InChI is InChI=1S/C9H10N2O2/c1-5-2-3-10-8(11-5)6-4-7(6)9(12)13/h2-3,6-7H,4H2,1H3,(H,12,13)/t6-,7-/m1/s1. The second-order valence-corrected chi connectivity index (χ2v) is 3.34. The monoisotopic (exact) mass is 178 g/mol. The third-order valence-electron chi connectivity index (χ3n) is 2.25. The number of hydrogen-bond acceptors (Lipinski definition) is 3. The van der Waals surface area contributed by atoms with Gasteiger partial charge in [-0.2, -0.15) is 0 Å². The van der Waals surface area contributed by atoms with Crippen LogP contribution in [0.4, 0.5) is 0 Å². The number of hydrogen-bond donors (Lipinski definition) is 1. The van der Waals surface area contributed by atoms with Crippen molar-refractivity contribution in [2.45, 2.75) is 19.3 Å². The van der Waals surface area contributed by atoms with E-state index in [1.54, 1.807) is 6.20 Å². The maximum absolute atomic E-state index is 10.6. The Hall–Kier alpha value is -1.45. The van der Waals surface area contributed by atoms with E-state index in [1.807, 2.05) is 13.0 Å². The molecule has 1 aromatic rings. The van der Waals surface area contributed by atoms with E-state index in [1.165, 1.54) is 0 Å². The van der Waals surface area contributed by atoms with Gasteiger partial charge in [0.25, 0.3) is 0 Å². The molecule has 68 valence electrons. The summed E-state index contributed by atoms with van der Waals surface area (Å²) in [6.07, 6.45) is 2.35. The average Bonchev–Trinajstić information content (AvgIpc) is 2.82. The molecule has 0 unspecified atom stereocenters. The van der Waals surface area contributed by atoms with Gasteiger partial charge in [-0.15, -0.1) is 0 Å². The second kappa shape index (κ2) is 2.80. The van der Waals surface area contributed by atoms with Gasteiger partial charge in [-0.05, 0) is 19.4 Å². The summed E-state index contributed by atoms with van der Waals surface area (Å²) in [6.45, 7) is 1.88. The van der Waals surface area contributed by atoms with Crippen LogP contribution in [-0.2, 0) is 4.79 Å². The van der Waals surface area contributed by atoms with Crippen molar-refractivity contribution in [2.24, 2.45) is 5.92 Å². The molecule has 0 aromatic carbocycles. The molecule has 0 radical (unpaired) electrons. The van der Waals surface area contributed by atoms with Crippen molar-refractivity contribution in [3.05, 3.63) is 23.8 Å². The number of carbonyl (C=O) groups is 1. The van der Waals surface area contributed by atoms with Gasteiger partial charge in [0.2, 0.25) is 0 Å². The average molecular weight is 178 g/mol. The highest BCUT2D eigenvalue weighted by Gasteiger charge is 2.46. The molecule has 1 aliphatic rings. The highest BCUT2D eigenvalue weighted by Crippen LogP contribution is 2.45. The molecule has 1 N–H and O–H groups in total. The molecule has 1 saturated carbocycles. The lowest BCUT2D eigenvalue weighted by atomic mass is 10.3. The van der Waals surface area contributed by atoms with Gasteiger partial charge in [-0.25, -0.2) is 9.97 Å². The SMILES string of the molecule is Cc1ccnc([C@@H]2C[C@H]2C(=O)O)n1. The summed E-state index contributed by atoms with van der Waals surface area (Å²) in [5, 5.41) is 8.70. The molecule has 1 aromatic heterocycles. The normalized spacial score (nSPS) is 25.6. The van der Waals surface area contributed by atoms with E-state index in [0.717, 1.165) is 5.69 Å². The van der Waals surface area contributed by atoms with Crippen LogP contribution in [0.15, 0.2) is 12.3 Å². The van der Waals surface area contributed by atoms with Crippen LogP contribution in [0.3, 0.4) is 0 Å². The van der Waals surface area contributed by atoms with Crippen molar-refractivity contribution in [1.29, 1.82) is 0 Å². The van der Waals surface area contributed by atoms with Gasteiger partial charge in [0.1, 0.15) is 5.82 Å². The van der Waals surface area contributed by atoms with Crippen LogP contribution in [0.1, 0.15) is 23.9 Å². The molecule has 4 heteroatoms. The van der Waals surface area contributed by atoms with E-state index >= 15 is 0 Å². The zero-order chi connectivity index (χ0) is 9.42. The molecule has 0 spiro atoms. The fraction of sp³-hybridized carbons (Fsp3) is 0.444. The first kappa shape index (κ1) is 8.16. The van der Waals surface area contributed by atoms with Crippen molar-refractivity contribution >= 4 is 5.97 Å². The molecule has 2 rings (SSSR count). The second-order valence-electron chi connectivity index (χ2n) is 3.34. The van der Waals surface area contributed by atoms with Crippen molar-refractivity contribution < 1.29 is 9.90 Å². The highest BCUT2D eigenvalue weighted by molar-refractivity contribution is 5.74. The number of rotatable bonds is 2. The lowest BCUT2D eigenvalue weighted by Crippen LogP contribution is -2.01. The topological polar surface area (TPSA) is 63.1 Å². The fourth-order valence-corrected chi connectivity index (χ4v) is 1.40. The summed E-state index contributed by atoms with van der Waals surface area (Å²) < 4.78 is 0. The largest absolute Gasteiger partial charge is 0.481 e. The Labute approximate surface area is 75.6 Å². The van der Waals surface area contributed by atoms with Crippen molar-refractivity contribution in [1.82, 2.24) is 9.97 Å². The van der Waals surface area contributed by atoms with E-state index in [2.05, 4.69) is 9.97 Å². The summed E-state index contributed by atoms with van der Waals surface area (Å²) in [5.41, 5.74) is 0.890. The third-order valence-corrected chi connectivity index (χ3v) is 2.25. The summed E-state index contributed by atoms with van der Waals surface area (Å²) in [5.74, 6) is -0.290. The van der Waals surface area contributed by atoms with E-state index in [4.69, 9.17) is 5.11 Å². The predicted octanol–water partition coefficient (Wildman–Crippen LogP) is 0.973. The number of aryl methyl sites for hydroxylation is 1. The molecule has 2 atom stereocenters. The molecule has 1 fully saturated rings. The molecule has 0 amide bonds. The van der Waals surface area contributed by atoms with Crippen LogP contribution in [0.5, 0.6) is 0 Å². The Kier molecular flexibility index (Phi) is 1.76. The van der Waals surface area contributed by atoms with Gasteiger partial charge in [-0.3, -0.25) is 4.79 Å². The predicted molar refractivity (Wildman–Crippen MR) is 45.3 cm³/mol. The lowest BCUT2D eigenvalue weighted by molar-refractivity contribution is -0.138. The zero-order valence-corrected chi connectivity index (χ0v) is 7.27. The first-order chi connectivity index (χ1) is 6.18. The molecular weight excluding hydrogens is 168 g/mol. The van der Waals surface area contributed by atoms with Gasteiger partial charge in [-0.1, -0.05) is 0 Å². The van der Waals surface area contributed by atoms with Gasteiger partial charge >= 0.3 is 5.97 Å². The van der Waals surface area contributed by atoms with E-state index in [-0.39, 0.29) is 11.8 Å². The van der Waals surface area contributed by atoms with Crippen LogP contribution in [-0.4, -0.2) is 21.0 Å². The van der Waals surface area contributed by atoms with E-state index in [0.29, 0.717) is 12.2 Å². The Morgan fingerprint density at radius 1 is 1.69 bits per heavy atom. The van der Waals surface area contributed by atoms with E-state index in [9.17, 15) is 4.79 Å². The Morgan fingerprint density at radius 3 is 3.00 bits per heavy atom. The minimum absolute atomic E-state index is 0.0393. The van der Waals surface area contributed by atoms with E-state index < -0.39 is 5.97 Å². The van der Waals surface area contributed by atoms with Crippen LogP contribution in [0.2, 0.25) is 0 Å². The first-order valence-electron chi connectivity index (χ1n) is 4.21. The lowest BCUT2D eigenvalue weighted by Gasteiger charge is -1.97. The third kappa shape index (κ3) is 1.52. The molecule has 13 heavy (non-hydrogen) atoms. The van der Waals surface area contributed by atoms with Crippen molar-refractivity contribution in [2.75, 3.05) is 0 Å². The Balaban J connectivity index is 2.16. The Bertz CT molecular complexity index is 351. The van der Waals surface area contributed by atoms with Crippen molar-refractivity contribution in [3.8, 4) is 0 Å². The maximum Gasteiger partial charge on any atom is 0.307 e. The first-order valence-corrected chi connectivity index (χ1v) is 4.21. The molecule has 1 heterocycles. The van der Waals surface area contributed by atoms with Gasteiger partial charge < -0.3 is 5.11 Å². The maximum atomic E-state index is 10.6. The molecular formula is C9H10N2O2. The molecule has 1 aliphatic carbocycles. The van der Waals surface area contributed by atoms with Crippen LogP contribution >= 0.6 is 0 Å². The van der Waals surface area contributed by atoms with Gasteiger partial charge in [0, 0.05) is 17.8 Å².